The number of aromatic nitrogens is 2. The van der Waals surface area contributed by atoms with Crippen LogP contribution in [0.2, 0.25) is 0 Å². The molecule has 2 aromatic heterocycles. The summed E-state index contributed by atoms with van der Waals surface area (Å²) in [5, 5.41) is 3.98. The molecule has 1 saturated heterocycles. The van der Waals surface area contributed by atoms with Crippen LogP contribution in [0, 0.1) is 12.8 Å². The molecule has 30 heavy (non-hydrogen) atoms. The van der Waals surface area contributed by atoms with Crippen LogP contribution in [-0.2, 0) is 13.0 Å². The third-order valence-electron chi connectivity index (χ3n) is 5.62. The van der Waals surface area contributed by atoms with Gasteiger partial charge in [0.25, 0.3) is 5.91 Å². The molecule has 0 bridgehead atoms. The standard InChI is InChI=1S/C24H28N4OS/c1-17-10-12-28(13-11-17)21-9-8-20(15-25-21)16-26-24(29)23-18(2)27-22(30-23)14-19-6-4-3-5-7-19/h3-9,15,17H,10-14,16H2,1-2H3,(H,26,29). The Morgan fingerprint density at radius 1 is 1.13 bits per heavy atom. The summed E-state index contributed by atoms with van der Waals surface area (Å²) < 4.78 is 0. The second-order valence-corrected chi connectivity index (χ2v) is 9.15. The summed E-state index contributed by atoms with van der Waals surface area (Å²) in [7, 11) is 0. The summed E-state index contributed by atoms with van der Waals surface area (Å²) in [6.07, 6.45) is 5.06. The van der Waals surface area contributed by atoms with Crippen molar-refractivity contribution in [2.75, 3.05) is 18.0 Å². The molecule has 0 spiro atoms. The molecule has 0 saturated carbocycles. The first-order chi connectivity index (χ1) is 14.6. The number of nitrogens with zero attached hydrogens (tertiary/aromatic N) is 3. The number of anilines is 1. The van der Waals surface area contributed by atoms with Crippen LogP contribution in [0.5, 0.6) is 0 Å². The van der Waals surface area contributed by atoms with Crippen LogP contribution in [0.15, 0.2) is 48.7 Å². The van der Waals surface area contributed by atoms with Crippen LogP contribution < -0.4 is 10.2 Å². The van der Waals surface area contributed by atoms with Gasteiger partial charge in [-0.05, 0) is 42.9 Å². The monoisotopic (exact) mass is 420 g/mol. The molecule has 4 rings (SSSR count). The Hall–Kier alpha value is -2.73. The lowest BCUT2D eigenvalue weighted by Crippen LogP contribution is -2.33. The zero-order valence-electron chi connectivity index (χ0n) is 17.6. The number of hydrogen-bond acceptors (Lipinski definition) is 5. The van der Waals surface area contributed by atoms with Crippen molar-refractivity contribution >= 4 is 23.1 Å². The van der Waals surface area contributed by atoms with Gasteiger partial charge >= 0.3 is 0 Å². The van der Waals surface area contributed by atoms with Gasteiger partial charge in [-0.3, -0.25) is 4.79 Å². The Balaban J connectivity index is 1.33. The largest absolute Gasteiger partial charge is 0.357 e. The van der Waals surface area contributed by atoms with Crippen molar-refractivity contribution in [2.45, 2.75) is 39.7 Å². The van der Waals surface area contributed by atoms with Crippen LogP contribution in [0.4, 0.5) is 5.82 Å². The first-order valence-corrected chi connectivity index (χ1v) is 11.4. The molecule has 0 atom stereocenters. The first-order valence-electron chi connectivity index (χ1n) is 10.6. The number of aryl methyl sites for hydroxylation is 1. The Bertz CT molecular complexity index is 976. The zero-order valence-corrected chi connectivity index (χ0v) is 18.4. The third kappa shape index (κ3) is 5.05. The van der Waals surface area contributed by atoms with E-state index in [9.17, 15) is 4.79 Å². The molecule has 0 radical (unpaired) electrons. The van der Waals surface area contributed by atoms with Gasteiger partial charge in [-0.25, -0.2) is 9.97 Å². The van der Waals surface area contributed by atoms with Gasteiger partial charge < -0.3 is 10.2 Å². The Morgan fingerprint density at radius 2 is 1.90 bits per heavy atom. The van der Waals surface area contributed by atoms with E-state index in [0.717, 1.165) is 47.5 Å². The maximum Gasteiger partial charge on any atom is 0.263 e. The summed E-state index contributed by atoms with van der Waals surface area (Å²) >= 11 is 1.47. The van der Waals surface area contributed by atoms with E-state index in [1.807, 2.05) is 31.3 Å². The van der Waals surface area contributed by atoms with Crippen molar-refractivity contribution in [3.63, 3.8) is 0 Å². The number of hydrogen-bond donors (Lipinski definition) is 1. The summed E-state index contributed by atoms with van der Waals surface area (Å²) in [5.74, 6) is 1.76. The van der Waals surface area contributed by atoms with Crippen molar-refractivity contribution in [1.82, 2.24) is 15.3 Å². The van der Waals surface area contributed by atoms with Crippen molar-refractivity contribution in [2.24, 2.45) is 5.92 Å². The molecule has 1 aliphatic rings. The first kappa shape index (κ1) is 20.5. The Morgan fingerprint density at radius 3 is 2.60 bits per heavy atom. The van der Waals surface area contributed by atoms with Crippen molar-refractivity contribution < 1.29 is 4.79 Å². The zero-order chi connectivity index (χ0) is 20.9. The van der Waals surface area contributed by atoms with Crippen LogP contribution in [0.25, 0.3) is 0 Å². The number of pyridine rings is 1. The summed E-state index contributed by atoms with van der Waals surface area (Å²) in [4.78, 5) is 24.9. The minimum atomic E-state index is -0.0709. The van der Waals surface area contributed by atoms with Gasteiger partial charge in [0, 0.05) is 32.3 Å². The molecule has 1 fully saturated rings. The highest BCUT2D eigenvalue weighted by atomic mass is 32.1. The lowest BCUT2D eigenvalue weighted by Gasteiger charge is -2.31. The smallest absolute Gasteiger partial charge is 0.263 e. The molecule has 156 valence electrons. The lowest BCUT2D eigenvalue weighted by molar-refractivity contribution is 0.0954. The van der Waals surface area contributed by atoms with E-state index in [4.69, 9.17) is 0 Å². The van der Waals surface area contributed by atoms with E-state index in [1.54, 1.807) is 0 Å². The minimum absolute atomic E-state index is 0.0709. The van der Waals surface area contributed by atoms with Gasteiger partial charge in [-0.1, -0.05) is 43.3 Å². The summed E-state index contributed by atoms with van der Waals surface area (Å²) in [5.41, 5.74) is 2.99. The number of piperidine rings is 1. The fourth-order valence-corrected chi connectivity index (χ4v) is 4.73. The predicted octanol–water partition coefficient (Wildman–Crippen LogP) is 4.60. The topological polar surface area (TPSA) is 58.1 Å². The van der Waals surface area contributed by atoms with Gasteiger partial charge in [0.2, 0.25) is 0 Å². The van der Waals surface area contributed by atoms with E-state index in [2.05, 4.69) is 51.4 Å². The highest BCUT2D eigenvalue weighted by Crippen LogP contribution is 2.22. The molecule has 1 N–H and O–H groups in total. The molecule has 3 aromatic rings. The van der Waals surface area contributed by atoms with E-state index in [0.29, 0.717) is 11.4 Å². The molecule has 0 aliphatic carbocycles. The van der Waals surface area contributed by atoms with Crippen molar-refractivity contribution in [3.05, 3.63) is 75.4 Å². The quantitative estimate of drug-likeness (QED) is 0.633. The van der Waals surface area contributed by atoms with Crippen LogP contribution in [0.1, 0.15) is 51.3 Å². The number of amides is 1. The van der Waals surface area contributed by atoms with Gasteiger partial charge in [0.15, 0.2) is 0 Å². The highest BCUT2D eigenvalue weighted by molar-refractivity contribution is 7.13. The second-order valence-electron chi connectivity index (χ2n) is 8.06. The van der Waals surface area contributed by atoms with Gasteiger partial charge in [0.1, 0.15) is 10.7 Å². The Labute approximate surface area is 182 Å². The predicted molar refractivity (Wildman–Crippen MR) is 122 cm³/mol. The molecular weight excluding hydrogens is 392 g/mol. The molecule has 6 heteroatoms. The SMILES string of the molecule is Cc1nc(Cc2ccccc2)sc1C(=O)NCc1ccc(N2CCC(C)CC2)nc1. The highest BCUT2D eigenvalue weighted by Gasteiger charge is 2.17. The molecule has 1 aromatic carbocycles. The van der Waals surface area contributed by atoms with Gasteiger partial charge in [0.05, 0.1) is 10.7 Å². The number of nitrogens with one attached hydrogen (secondary N) is 1. The molecular formula is C24H28N4OS. The maximum atomic E-state index is 12.7. The maximum absolute atomic E-state index is 12.7. The normalized spacial score (nSPS) is 14.7. The van der Waals surface area contributed by atoms with E-state index >= 15 is 0 Å². The van der Waals surface area contributed by atoms with E-state index in [-0.39, 0.29) is 5.91 Å². The van der Waals surface area contributed by atoms with Crippen molar-refractivity contribution in [1.29, 1.82) is 0 Å². The lowest BCUT2D eigenvalue weighted by atomic mass is 9.99. The number of carbonyl (C=O) groups excluding carboxylic acids is 1. The Kier molecular flexibility index (Phi) is 6.43. The molecule has 1 amide bonds. The van der Waals surface area contributed by atoms with Gasteiger partial charge in [-0.2, -0.15) is 0 Å². The number of rotatable bonds is 6. The number of carbonyl (C=O) groups is 1. The molecule has 1 aliphatic heterocycles. The van der Waals surface area contributed by atoms with Crippen LogP contribution in [0.3, 0.4) is 0 Å². The fourth-order valence-electron chi connectivity index (χ4n) is 3.72. The molecule has 5 nitrogen and oxygen atoms in total. The van der Waals surface area contributed by atoms with Gasteiger partial charge in [-0.15, -0.1) is 11.3 Å². The van der Waals surface area contributed by atoms with E-state index < -0.39 is 0 Å². The van der Waals surface area contributed by atoms with E-state index in [1.165, 1.54) is 29.7 Å². The average Bonchev–Trinajstić information content (AvgIpc) is 3.14. The number of benzene rings is 1. The second kappa shape index (κ2) is 9.39. The molecule has 3 heterocycles. The summed E-state index contributed by atoms with van der Waals surface area (Å²) in [6, 6.07) is 14.3. The minimum Gasteiger partial charge on any atom is -0.357 e. The fraction of sp³-hybridized carbons (Fsp3) is 0.375. The number of thiazole rings is 1. The van der Waals surface area contributed by atoms with Crippen molar-refractivity contribution in [3.8, 4) is 0 Å². The molecule has 0 unspecified atom stereocenters. The van der Waals surface area contributed by atoms with Crippen LogP contribution in [-0.4, -0.2) is 29.0 Å². The summed E-state index contributed by atoms with van der Waals surface area (Å²) in [6.45, 7) is 6.82. The average molecular weight is 421 g/mol. The van der Waals surface area contributed by atoms with Crippen LogP contribution >= 0.6 is 11.3 Å². The third-order valence-corrected chi connectivity index (χ3v) is 6.77.